The maximum atomic E-state index is 11.9. The molecule has 0 saturated heterocycles. The number of carbonyl (C=O) groups is 1. The van der Waals surface area contributed by atoms with Crippen LogP contribution in [0.5, 0.6) is 5.75 Å². The summed E-state index contributed by atoms with van der Waals surface area (Å²) >= 11 is 1.41. The first kappa shape index (κ1) is 14.5. The SMILES string of the molecule is COc1ccc(CC(=O)Nc2nccs2)cc1C(C)C. The van der Waals surface area contributed by atoms with Gasteiger partial charge in [0.15, 0.2) is 5.13 Å². The lowest BCUT2D eigenvalue weighted by Gasteiger charge is -2.13. The van der Waals surface area contributed by atoms with E-state index < -0.39 is 0 Å². The standard InChI is InChI=1S/C15H18N2O2S/c1-10(2)12-8-11(4-5-13(12)19-3)9-14(18)17-15-16-6-7-20-15/h4-8,10H,9H2,1-3H3,(H,16,17,18). The van der Waals surface area contributed by atoms with Gasteiger partial charge in [-0.3, -0.25) is 4.79 Å². The molecule has 1 aromatic carbocycles. The van der Waals surface area contributed by atoms with Gasteiger partial charge in [0, 0.05) is 11.6 Å². The number of thiazole rings is 1. The molecular formula is C15H18N2O2S. The predicted molar refractivity (Wildman–Crippen MR) is 81.5 cm³/mol. The molecule has 0 spiro atoms. The number of methoxy groups -OCH3 is 1. The second-order valence-corrected chi connectivity index (χ2v) is 5.69. The summed E-state index contributed by atoms with van der Waals surface area (Å²) in [6.07, 6.45) is 2.01. The Morgan fingerprint density at radius 2 is 2.25 bits per heavy atom. The van der Waals surface area contributed by atoms with E-state index in [1.165, 1.54) is 11.3 Å². The third-order valence-electron chi connectivity index (χ3n) is 2.96. The molecule has 0 saturated carbocycles. The molecule has 0 aliphatic rings. The quantitative estimate of drug-likeness (QED) is 0.917. The average Bonchev–Trinajstić information content (AvgIpc) is 2.91. The van der Waals surface area contributed by atoms with Crippen molar-refractivity contribution in [3.63, 3.8) is 0 Å². The molecule has 0 bridgehead atoms. The topological polar surface area (TPSA) is 51.2 Å². The Hall–Kier alpha value is -1.88. The molecule has 2 aromatic rings. The molecule has 0 aliphatic heterocycles. The second-order valence-electron chi connectivity index (χ2n) is 4.79. The van der Waals surface area contributed by atoms with Crippen molar-refractivity contribution in [3.05, 3.63) is 40.9 Å². The van der Waals surface area contributed by atoms with Gasteiger partial charge in [-0.25, -0.2) is 4.98 Å². The van der Waals surface area contributed by atoms with Crippen molar-refractivity contribution < 1.29 is 9.53 Å². The zero-order chi connectivity index (χ0) is 14.5. The van der Waals surface area contributed by atoms with Crippen LogP contribution in [0.2, 0.25) is 0 Å². The highest BCUT2D eigenvalue weighted by atomic mass is 32.1. The summed E-state index contributed by atoms with van der Waals surface area (Å²) < 4.78 is 5.34. The van der Waals surface area contributed by atoms with Crippen LogP contribution in [0.4, 0.5) is 5.13 Å². The van der Waals surface area contributed by atoms with Crippen LogP contribution in [-0.4, -0.2) is 18.0 Å². The summed E-state index contributed by atoms with van der Waals surface area (Å²) in [7, 11) is 1.66. The highest BCUT2D eigenvalue weighted by molar-refractivity contribution is 7.13. The lowest BCUT2D eigenvalue weighted by Crippen LogP contribution is -2.14. The summed E-state index contributed by atoms with van der Waals surface area (Å²) in [6, 6.07) is 5.87. The zero-order valence-corrected chi connectivity index (χ0v) is 12.7. The van der Waals surface area contributed by atoms with Crippen LogP contribution in [0.1, 0.15) is 30.9 Å². The number of aromatic nitrogens is 1. The number of nitrogens with zero attached hydrogens (tertiary/aromatic N) is 1. The van der Waals surface area contributed by atoms with Crippen molar-refractivity contribution >= 4 is 22.4 Å². The van der Waals surface area contributed by atoms with E-state index in [1.807, 2.05) is 23.6 Å². The van der Waals surface area contributed by atoms with Crippen molar-refractivity contribution in [2.75, 3.05) is 12.4 Å². The van der Waals surface area contributed by atoms with Crippen LogP contribution in [0.3, 0.4) is 0 Å². The molecule has 0 fully saturated rings. The second kappa shape index (κ2) is 6.52. The molecule has 0 radical (unpaired) electrons. The molecule has 5 heteroatoms. The Labute approximate surface area is 122 Å². The predicted octanol–water partition coefficient (Wildman–Crippen LogP) is 3.46. The monoisotopic (exact) mass is 290 g/mol. The number of amides is 1. The first-order valence-corrected chi connectivity index (χ1v) is 7.34. The van der Waals surface area contributed by atoms with Crippen molar-refractivity contribution in [2.24, 2.45) is 0 Å². The molecule has 0 unspecified atom stereocenters. The molecule has 0 aliphatic carbocycles. The van der Waals surface area contributed by atoms with E-state index in [1.54, 1.807) is 13.3 Å². The molecule has 106 valence electrons. The largest absolute Gasteiger partial charge is 0.496 e. The smallest absolute Gasteiger partial charge is 0.230 e. The van der Waals surface area contributed by atoms with E-state index in [9.17, 15) is 4.79 Å². The van der Waals surface area contributed by atoms with Crippen molar-refractivity contribution in [2.45, 2.75) is 26.2 Å². The molecule has 4 nitrogen and oxygen atoms in total. The number of hydrogen-bond acceptors (Lipinski definition) is 4. The zero-order valence-electron chi connectivity index (χ0n) is 11.8. The number of hydrogen-bond donors (Lipinski definition) is 1. The van der Waals surface area contributed by atoms with Crippen LogP contribution < -0.4 is 10.1 Å². The Kier molecular flexibility index (Phi) is 4.74. The molecule has 1 N–H and O–H groups in total. The summed E-state index contributed by atoms with van der Waals surface area (Å²) in [5, 5.41) is 5.25. The van der Waals surface area contributed by atoms with Gasteiger partial charge in [0.05, 0.1) is 13.5 Å². The fourth-order valence-electron chi connectivity index (χ4n) is 1.98. The van der Waals surface area contributed by atoms with Gasteiger partial charge in [0.2, 0.25) is 5.91 Å². The maximum Gasteiger partial charge on any atom is 0.230 e. The fourth-order valence-corrected chi connectivity index (χ4v) is 2.52. The summed E-state index contributed by atoms with van der Waals surface area (Å²) in [5.74, 6) is 1.16. The van der Waals surface area contributed by atoms with E-state index in [0.29, 0.717) is 17.5 Å². The van der Waals surface area contributed by atoms with E-state index >= 15 is 0 Å². The van der Waals surface area contributed by atoms with E-state index in [4.69, 9.17) is 4.74 Å². The molecular weight excluding hydrogens is 272 g/mol. The van der Waals surface area contributed by atoms with E-state index in [0.717, 1.165) is 16.9 Å². The van der Waals surface area contributed by atoms with Crippen LogP contribution in [-0.2, 0) is 11.2 Å². The number of nitrogens with one attached hydrogen (secondary N) is 1. The van der Waals surface area contributed by atoms with Gasteiger partial charge in [0.25, 0.3) is 0 Å². The van der Waals surface area contributed by atoms with E-state index in [-0.39, 0.29) is 5.91 Å². The van der Waals surface area contributed by atoms with Crippen molar-refractivity contribution in [3.8, 4) is 5.75 Å². The Morgan fingerprint density at radius 1 is 1.45 bits per heavy atom. The summed E-state index contributed by atoms with van der Waals surface area (Å²) in [4.78, 5) is 16.0. The van der Waals surface area contributed by atoms with Gasteiger partial charge >= 0.3 is 0 Å². The van der Waals surface area contributed by atoms with Gasteiger partial charge in [0.1, 0.15) is 5.75 Å². The maximum absolute atomic E-state index is 11.9. The molecule has 1 aromatic heterocycles. The first-order chi connectivity index (χ1) is 9.60. The number of anilines is 1. The third-order valence-corrected chi connectivity index (χ3v) is 3.65. The molecule has 1 heterocycles. The van der Waals surface area contributed by atoms with Crippen LogP contribution in [0, 0.1) is 0 Å². The molecule has 0 atom stereocenters. The van der Waals surface area contributed by atoms with Crippen molar-refractivity contribution in [1.82, 2.24) is 4.98 Å². The number of rotatable bonds is 5. The average molecular weight is 290 g/mol. The van der Waals surface area contributed by atoms with Gasteiger partial charge in [-0.1, -0.05) is 26.0 Å². The van der Waals surface area contributed by atoms with Gasteiger partial charge in [-0.15, -0.1) is 11.3 Å². The lowest BCUT2D eigenvalue weighted by molar-refractivity contribution is -0.115. The van der Waals surface area contributed by atoms with Gasteiger partial charge < -0.3 is 10.1 Å². The highest BCUT2D eigenvalue weighted by Crippen LogP contribution is 2.27. The first-order valence-electron chi connectivity index (χ1n) is 6.46. The normalized spacial score (nSPS) is 10.6. The van der Waals surface area contributed by atoms with Crippen LogP contribution in [0.15, 0.2) is 29.8 Å². The minimum Gasteiger partial charge on any atom is -0.496 e. The Balaban J connectivity index is 2.09. The number of benzene rings is 1. The highest BCUT2D eigenvalue weighted by Gasteiger charge is 2.11. The Bertz CT molecular complexity index is 580. The summed E-state index contributed by atoms with van der Waals surface area (Å²) in [6.45, 7) is 4.22. The molecule has 1 amide bonds. The van der Waals surface area contributed by atoms with E-state index in [2.05, 4.69) is 24.1 Å². The fraction of sp³-hybridized carbons (Fsp3) is 0.333. The van der Waals surface area contributed by atoms with Gasteiger partial charge in [-0.05, 0) is 23.1 Å². The molecule has 2 rings (SSSR count). The third kappa shape index (κ3) is 3.57. The lowest BCUT2D eigenvalue weighted by atomic mass is 9.98. The summed E-state index contributed by atoms with van der Waals surface area (Å²) in [5.41, 5.74) is 2.09. The number of carbonyl (C=O) groups excluding carboxylic acids is 1. The molecule has 20 heavy (non-hydrogen) atoms. The van der Waals surface area contributed by atoms with Crippen LogP contribution >= 0.6 is 11.3 Å². The van der Waals surface area contributed by atoms with Crippen LogP contribution in [0.25, 0.3) is 0 Å². The van der Waals surface area contributed by atoms with Crippen molar-refractivity contribution in [1.29, 1.82) is 0 Å². The number of ether oxygens (including phenoxy) is 1. The Morgan fingerprint density at radius 3 is 2.85 bits per heavy atom. The minimum absolute atomic E-state index is 0.0557. The minimum atomic E-state index is -0.0557. The van der Waals surface area contributed by atoms with Gasteiger partial charge in [-0.2, -0.15) is 0 Å².